The van der Waals surface area contributed by atoms with Crippen LogP contribution in [0.4, 0.5) is 0 Å². The third-order valence-electron chi connectivity index (χ3n) is 5.31. The third-order valence-corrected chi connectivity index (χ3v) is 5.31. The van der Waals surface area contributed by atoms with Crippen molar-refractivity contribution in [3.8, 4) is 11.3 Å². The molecule has 2 aromatic rings. The van der Waals surface area contributed by atoms with Crippen LogP contribution in [-0.2, 0) is 11.3 Å². The molecule has 1 amide bonds. The number of rotatable bonds is 8. The molecule has 28 heavy (non-hydrogen) atoms. The van der Waals surface area contributed by atoms with Crippen molar-refractivity contribution in [3.63, 3.8) is 0 Å². The van der Waals surface area contributed by atoms with Crippen molar-refractivity contribution in [3.05, 3.63) is 52.8 Å². The molecule has 0 spiro atoms. The average molecular weight is 383 g/mol. The van der Waals surface area contributed by atoms with Crippen LogP contribution in [0.5, 0.6) is 0 Å². The van der Waals surface area contributed by atoms with Crippen LogP contribution in [0.1, 0.15) is 39.0 Å². The lowest BCUT2D eigenvalue weighted by Gasteiger charge is -2.35. The monoisotopic (exact) mass is 382 g/mol. The molecule has 6 nitrogen and oxygen atoms in total. The zero-order valence-corrected chi connectivity index (χ0v) is 16.6. The largest absolute Gasteiger partial charge is 0.353 e. The van der Waals surface area contributed by atoms with Gasteiger partial charge in [0.15, 0.2) is 0 Å². The Labute approximate surface area is 166 Å². The van der Waals surface area contributed by atoms with Gasteiger partial charge in [-0.2, -0.15) is 5.10 Å². The minimum absolute atomic E-state index is 0.0544. The van der Waals surface area contributed by atoms with Crippen molar-refractivity contribution in [2.24, 2.45) is 0 Å². The Morgan fingerprint density at radius 1 is 1.18 bits per heavy atom. The van der Waals surface area contributed by atoms with Crippen molar-refractivity contribution in [1.82, 2.24) is 20.0 Å². The van der Waals surface area contributed by atoms with Gasteiger partial charge in [-0.3, -0.25) is 14.5 Å². The standard InChI is InChI=1S/C22H30N4O2/c1-2-3-14-25-15-8-7-11-19(25)16-23-21(27)17-26-22(28)13-12-20(24-26)18-9-5-4-6-10-18/h4-6,9-10,12-13,19H,2-3,7-8,11,14-17H2,1H3,(H,23,27). The van der Waals surface area contributed by atoms with Crippen LogP contribution >= 0.6 is 0 Å². The second-order valence-electron chi connectivity index (χ2n) is 7.42. The van der Waals surface area contributed by atoms with E-state index in [2.05, 4.69) is 22.2 Å². The molecule has 1 fully saturated rings. The normalized spacial score (nSPS) is 17.4. The molecular weight excluding hydrogens is 352 g/mol. The third kappa shape index (κ3) is 5.52. The Morgan fingerprint density at radius 2 is 2.00 bits per heavy atom. The second kappa shape index (κ2) is 10.2. The van der Waals surface area contributed by atoms with Gasteiger partial charge < -0.3 is 5.32 Å². The molecule has 1 aliphatic heterocycles. The molecule has 6 heteroatoms. The van der Waals surface area contributed by atoms with Gasteiger partial charge in [0, 0.05) is 24.2 Å². The highest BCUT2D eigenvalue weighted by atomic mass is 16.2. The first-order valence-corrected chi connectivity index (χ1v) is 10.3. The number of nitrogens with zero attached hydrogens (tertiary/aromatic N) is 3. The van der Waals surface area contributed by atoms with E-state index in [0.717, 1.165) is 25.1 Å². The molecule has 0 aliphatic carbocycles. The molecule has 1 aromatic carbocycles. The van der Waals surface area contributed by atoms with Gasteiger partial charge in [-0.15, -0.1) is 0 Å². The summed E-state index contributed by atoms with van der Waals surface area (Å²) in [5, 5.41) is 7.38. The molecule has 1 aromatic heterocycles. The smallest absolute Gasteiger partial charge is 0.267 e. The minimum atomic E-state index is -0.267. The maximum Gasteiger partial charge on any atom is 0.267 e. The summed E-state index contributed by atoms with van der Waals surface area (Å²) in [5.41, 5.74) is 1.34. The number of unbranched alkanes of at least 4 members (excludes halogenated alkanes) is 1. The fourth-order valence-corrected chi connectivity index (χ4v) is 3.70. The van der Waals surface area contributed by atoms with Crippen molar-refractivity contribution in [2.45, 2.75) is 51.6 Å². The first-order chi connectivity index (χ1) is 13.7. The van der Waals surface area contributed by atoms with E-state index in [0.29, 0.717) is 18.3 Å². The lowest BCUT2D eigenvalue weighted by atomic mass is 10.0. The summed E-state index contributed by atoms with van der Waals surface area (Å²) in [7, 11) is 0. The highest BCUT2D eigenvalue weighted by molar-refractivity contribution is 5.75. The molecule has 3 rings (SSSR count). The predicted molar refractivity (Wildman–Crippen MR) is 111 cm³/mol. The second-order valence-corrected chi connectivity index (χ2v) is 7.42. The molecule has 1 aliphatic rings. The molecule has 1 N–H and O–H groups in total. The Bertz CT molecular complexity index is 819. The van der Waals surface area contributed by atoms with Gasteiger partial charge >= 0.3 is 0 Å². The predicted octanol–water partition coefficient (Wildman–Crippen LogP) is 2.68. The Hall–Kier alpha value is -2.47. The number of hydrogen-bond donors (Lipinski definition) is 1. The Balaban J connectivity index is 1.59. The van der Waals surface area contributed by atoms with Crippen LogP contribution in [0.25, 0.3) is 11.3 Å². The van der Waals surface area contributed by atoms with E-state index in [-0.39, 0.29) is 18.0 Å². The highest BCUT2D eigenvalue weighted by Gasteiger charge is 2.22. The van der Waals surface area contributed by atoms with E-state index in [1.165, 1.54) is 36.4 Å². The maximum atomic E-state index is 12.4. The first kappa shape index (κ1) is 20.3. The van der Waals surface area contributed by atoms with Gasteiger partial charge in [0.05, 0.1) is 5.69 Å². The topological polar surface area (TPSA) is 67.2 Å². The fraction of sp³-hybridized carbons (Fsp3) is 0.500. The van der Waals surface area contributed by atoms with Gasteiger partial charge in [-0.1, -0.05) is 50.1 Å². The van der Waals surface area contributed by atoms with Crippen LogP contribution in [0.15, 0.2) is 47.3 Å². The maximum absolute atomic E-state index is 12.4. The van der Waals surface area contributed by atoms with Crippen molar-refractivity contribution >= 4 is 5.91 Å². The lowest BCUT2D eigenvalue weighted by molar-refractivity contribution is -0.122. The molecule has 0 saturated carbocycles. The van der Waals surface area contributed by atoms with Crippen LogP contribution in [0, 0.1) is 0 Å². The average Bonchev–Trinajstić information content (AvgIpc) is 2.73. The van der Waals surface area contributed by atoms with Crippen LogP contribution < -0.4 is 10.9 Å². The number of hydrogen-bond acceptors (Lipinski definition) is 4. The number of likely N-dealkylation sites (tertiary alicyclic amines) is 1. The fourth-order valence-electron chi connectivity index (χ4n) is 3.70. The van der Waals surface area contributed by atoms with Gasteiger partial charge in [-0.25, -0.2) is 4.68 Å². The minimum Gasteiger partial charge on any atom is -0.353 e. The Kier molecular flexibility index (Phi) is 7.37. The molecule has 0 radical (unpaired) electrons. The summed E-state index contributed by atoms with van der Waals surface area (Å²) >= 11 is 0. The highest BCUT2D eigenvalue weighted by Crippen LogP contribution is 2.17. The number of carbonyl (C=O) groups is 1. The van der Waals surface area contributed by atoms with Gasteiger partial charge in [0.2, 0.25) is 5.91 Å². The number of aromatic nitrogens is 2. The number of amides is 1. The molecule has 1 atom stereocenters. The van der Waals surface area contributed by atoms with Crippen molar-refractivity contribution in [2.75, 3.05) is 19.6 Å². The number of nitrogens with one attached hydrogen (secondary N) is 1. The van der Waals surface area contributed by atoms with Crippen molar-refractivity contribution in [1.29, 1.82) is 0 Å². The van der Waals surface area contributed by atoms with E-state index in [1.807, 2.05) is 30.3 Å². The zero-order valence-electron chi connectivity index (χ0n) is 16.6. The van der Waals surface area contributed by atoms with Gasteiger partial charge in [0.1, 0.15) is 6.54 Å². The van der Waals surface area contributed by atoms with E-state index in [1.54, 1.807) is 6.07 Å². The van der Waals surface area contributed by atoms with E-state index in [4.69, 9.17) is 0 Å². The quantitative estimate of drug-likeness (QED) is 0.762. The summed E-state index contributed by atoms with van der Waals surface area (Å²) in [6, 6.07) is 13.2. The molecule has 1 unspecified atom stereocenters. The molecule has 0 bridgehead atoms. The van der Waals surface area contributed by atoms with Crippen LogP contribution in [0.3, 0.4) is 0 Å². The molecule has 150 valence electrons. The van der Waals surface area contributed by atoms with E-state index >= 15 is 0 Å². The lowest BCUT2D eigenvalue weighted by Crippen LogP contribution is -2.47. The van der Waals surface area contributed by atoms with E-state index < -0.39 is 0 Å². The summed E-state index contributed by atoms with van der Waals surface area (Å²) in [6.45, 7) is 4.99. The summed E-state index contributed by atoms with van der Waals surface area (Å²) in [5.74, 6) is -0.166. The number of benzene rings is 1. The SMILES string of the molecule is CCCCN1CCCCC1CNC(=O)Cn1nc(-c2ccccc2)ccc1=O. The molecule has 1 saturated heterocycles. The summed E-state index contributed by atoms with van der Waals surface area (Å²) in [4.78, 5) is 27.1. The van der Waals surface area contributed by atoms with Gasteiger partial charge in [-0.05, 0) is 38.4 Å². The Morgan fingerprint density at radius 3 is 2.79 bits per heavy atom. The number of carbonyl (C=O) groups excluding carboxylic acids is 1. The summed E-state index contributed by atoms with van der Waals surface area (Å²) in [6.07, 6.45) is 5.94. The first-order valence-electron chi connectivity index (χ1n) is 10.3. The molecule has 2 heterocycles. The van der Waals surface area contributed by atoms with E-state index in [9.17, 15) is 9.59 Å². The summed E-state index contributed by atoms with van der Waals surface area (Å²) < 4.78 is 1.24. The molecular formula is C22H30N4O2. The van der Waals surface area contributed by atoms with Crippen LogP contribution in [0.2, 0.25) is 0 Å². The van der Waals surface area contributed by atoms with Crippen LogP contribution in [-0.4, -0.2) is 46.3 Å². The van der Waals surface area contributed by atoms with Crippen molar-refractivity contribution < 1.29 is 4.79 Å². The zero-order chi connectivity index (χ0) is 19.8. The number of piperidine rings is 1. The van der Waals surface area contributed by atoms with Gasteiger partial charge in [0.25, 0.3) is 5.56 Å².